The molecule has 1 saturated heterocycles. The molecule has 1 heterocycles. The fourth-order valence-electron chi connectivity index (χ4n) is 3.74. The molecular formula is C24H29ClN2O4S. The molecule has 1 aliphatic rings. The number of sulfone groups is 1. The summed E-state index contributed by atoms with van der Waals surface area (Å²) in [6, 6.07) is 16.7. The molecule has 2 aromatic carbocycles. The fourth-order valence-corrected chi connectivity index (χ4v) is 5.69. The first-order valence-corrected chi connectivity index (χ1v) is 13.0. The van der Waals surface area contributed by atoms with Crippen LogP contribution in [0.1, 0.15) is 43.2 Å². The van der Waals surface area contributed by atoms with Gasteiger partial charge < -0.3 is 10.2 Å². The molecule has 3 rings (SSSR count). The van der Waals surface area contributed by atoms with Gasteiger partial charge in [0.1, 0.15) is 11.9 Å². The number of benzene rings is 2. The summed E-state index contributed by atoms with van der Waals surface area (Å²) in [6.45, 7) is 0.303. The van der Waals surface area contributed by atoms with Crippen molar-refractivity contribution in [2.75, 3.05) is 13.1 Å². The van der Waals surface area contributed by atoms with Crippen molar-refractivity contribution in [2.45, 2.75) is 49.7 Å². The van der Waals surface area contributed by atoms with Crippen LogP contribution in [0, 0.1) is 0 Å². The summed E-state index contributed by atoms with van der Waals surface area (Å²) in [7, 11) is -3.55. The van der Waals surface area contributed by atoms with E-state index in [1.165, 1.54) is 10.5 Å². The molecule has 1 N–H and O–H groups in total. The van der Waals surface area contributed by atoms with E-state index in [0.29, 0.717) is 12.1 Å². The second kappa shape index (κ2) is 11.5. The lowest BCUT2D eigenvalue weighted by molar-refractivity contribution is -0.145. The van der Waals surface area contributed by atoms with Gasteiger partial charge in [-0.05, 0) is 42.5 Å². The number of aryl methyl sites for hydroxylation is 1. The summed E-state index contributed by atoms with van der Waals surface area (Å²) < 4.78 is 25.3. The van der Waals surface area contributed by atoms with E-state index in [4.69, 9.17) is 11.6 Å². The lowest BCUT2D eigenvalue weighted by atomic mass is 10.1. The van der Waals surface area contributed by atoms with E-state index in [1.807, 2.05) is 30.3 Å². The van der Waals surface area contributed by atoms with Crippen LogP contribution in [0.15, 0.2) is 54.6 Å². The van der Waals surface area contributed by atoms with Gasteiger partial charge in [0, 0.05) is 11.6 Å². The number of hydrogen-bond acceptors (Lipinski definition) is 4. The summed E-state index contributed by atoms with van der Waals surface area (Å²) in [4.78, 5) is 25.3. The molecule has 0 spiro atoms. The Morgan fingerprint density at radius 2 is 1.66 bits per heavy atom. The average Bonchev–Trinajstić information content (AvgIpc) is 2.76. The lowest BCUT2D eigenvalue weighted by Crippen LogP contribution is -2.59. The number of nitrogens with zero attached hydrogens (tertiary/aromatic N) is 1. The molecule has 2 aromatic rings. The average molecular weight is 477 g/mol. The van der Waals surface area contributed by atoms with Gasteiger partial charge in [0.05, 0.1) is 12.2 Å². The summed E-state index contributed by atoms with van der Waals surface area (Å²) in [5, 5.41) is 2.61. The van der Waals surface area contributed by atoms with Gasteiger partial charge in [-0.1, -0.05) is 66.9 Å². The van der Waals surface area contributed by atoms with Gasteiger partial charge >= 0.3 is 0 Å². The van der Waals surface area contributed by atoms with Crippen molar-refractivity contribution in [3.63, 3.8) is 0 Å². The van der Waals surface area contributed by atoms with Crippen LogP contribution in [-0.4, -0.2) is 43.6 Å². The number of likely N-dealkylation sites (tertiary alicyclic amines) is 1. The number of amides is 2. The Balaban J connectivity index is 1.33. The molecule has 0 saturated carbocycles. The number of unbranched alkanes of at least 4 members (excludes halogenated alkanes) is 3. The summed E-state index contributed by atoms with van der Waals surface area (Å²) in [5.41, 5.74) is 1.94. The second-order valence-corrected chi connectivity index (χ2v) is 10.7. The predicted octanol–water partition coefficient (Wildman–Crippen LogP) is 3.73. The minimum Gasteiger partial charge on any atom is -0.355 e. The Kier molecular flexibility index (Phi) is 8.70. The monoisotopic (exact) mass is 476 g/mol. The van der Waals surface area contributed by atoms with E-state index in [9.17, 15) is 18.0 Å². The molecule has 0 radical (unpaired) electrons. The van der Waals surface area contributed by atoms with E-state index in [0.717, 1.165) is 37.1 Å². The molecule has 0 unspecified atom stereocenters. The van der Waals surface area contributed by atoms with E-state index < -0.39 is 15.2 Å². The smallest absolute Gasteiger partial charge is 0.239 e. The molecule has 2 amide bonds. The number of rotatable bonds is 12. The van der Waals surface area contributed by atoms with Crippen LogP contribution in [0.4, 0.5) is 0 Å². The molecule has 1 atom stereocenters. The Morgan fingerprint density at radius 3 is 2.34 bits per heavy atom. The first kappa shape index (κ1) is 24.3. The normalized spacial score (nSPS) is 16.0. The maximum atomic E-state index is 12.7. The highest BCUT2D eigenvalue weighted by atomic mass is 35.5. The highest BCUT2D eigenvalue weighted by Gasteiger charge is 2.45. The molecule has 0 aliphatic carbocycles. The number of carbonyl (C=O) groups excluding carboxylic acids is 2. The second-order valence-electron chi connectivity index (χ2n) is 8.11. The molecule has 32 heavy (non-hydrogen) atoms. The van der Waals surface area contributed by atoms with Gasteiger partial charge in [0.15, 0.2) is 9.84 Å². The minimum absolute atomic E-state index is 0.0595. The van der Waals surface area contributed by atoms with Crippen molar-refractivity contribution in [3.8, 4) is 0 Å². The maximum Gasteiger partial charge on any atom is 0.239 e. The predicted molar refractivity (Wildman–Crippen MR) is 126 cm³/mol. The van der Waals surface area contributed by atoms with E-state index in [2.05, 4.69) is 5.32 Å². The Hall–Kier alpha value is -2.38. The molecular weight excluding hydrogens is 448 g/mol. The van der Waals surface area contributed by atoms with Crippen LogP contribution in [0.5, 0.6) is 0 Å². The topological polar surface area (TPSA) is 83.6 Å². The van der Waals surface area contributed by atoms with Gasteiger partial charge in [-0.3, -0.25) is 9.59 Å². The first-order valence-electron chi connectivity index (χ1n) is 10.9. The molecule has 1 aliphatic heterocycles. The highest BCUT2D eigenvalue weighted by molar-refractivity contribution is 7.91. The summed E-state index contributed by atoms with van der Waals surface area (Å²) in [5.74, 6) is -0.761. The SMILES string of the molecule is O=C(CN1C(=O)C[C@H]1S(=O)(=O)Cc1ccccc1)NCCCCCCc1ccc(Cl)cc1. The van der Waals surface area contributed by atoms with Gasteiger partial charge in [0.2, 0.25) is 11.8 Å². The van der Waals surface area contributed by atoms with Crippen molar-refractivity contribution in [2.24, 2.45) is 0 Å². The molecule has 172 valence electrons. The Morgan fingerprint density at radius 1 is 0.969 bits per heavy atom. The zero-order valence-electron chi connectivity index (χ0n) is 18.0. The lowest BCUT2D eigenvalue weighted by Gasteiger charge is -2.39. The van der Waals surface area contributed by atoms with Crippen molar-refractivity contribution in [1.82, 2.24) is 10.2 Å². The Bertz CT molecular complexity index is 1010. The zero-order valence-corrected chi connectivity index (χ0v) is 19.6. The minimum atomic E-state index is -3.55. The molecule has 1 fully saturated rings. The van der Waals surface area contributed by atoms with Gasteiger partial charge in [-0.2, -0.15) is 0 Å². The van der Waals surface area contributed by atoms with Crippen molar-refractivity contribution in [3.05, 3.63) is 70.7 Å². The van der Waals surface area contributed by atoms with Crippen LogP contribution in [0.3, 0.4) is 0 Å². The van der Waals surface area contributed by atoms with Crippen LogP contribution in [0.2, 0.25) is 5.02 Å². The van der Waals surface area contributed by atoms with Crippen molar-refractivity contribution >= 4 is 33.3 Å². The fraction of sp³-hybridized carbons (Fsp3) is 0.417. The number of halogens is 1. The van der Waals surface area contributed by atoms with Crippen molar-refractivity contribution < 1.29 is 18.0 Å². The Labute approximate surface area is 194 Å². The van der Waals surface area contributed by atoms with Crippen molar-refractivity contribution in [1.29, 1.82) is 0 Å². The first-order chi connectivity index (χ1) is 15.3. The third kappa shape index (κ3) is 7.07. The molecule has 0 aromatic heterocycles. The van der Waals surface area contributed by atoms with Gasteiger partial charge in [-0.25, -0.2) is 8.42 Å². The standard InChI is InChI=1S/C24H29ClN2O4S/c25-21-13-11-19(12-14-21)8-4-1-2-7-15-26-22(28)17-27-23(29)16-24(27)32(30,31)18-20-9-5-3-6-10-20/h3,5-6,9-14,24H,1-2,4,7-8,15-18H2,(H,26,28)/t24-/m1/s1. The number of carbonyl (C=O) groups is 2. The maximum absolute atomic E-state index is 12.7. The number of nitrogens with one attached hydrogen (secondary N) is 1. The molecule has 6 nitrogen and oxygen atoms in total. The van der Waals surface area contributed by atoms with Crippen LogP contribution in [0.25, 0.3) is 0 Å². The van der Waals surface area contributed by atoms with E-state index in [1.54, 1.807) is 24.3 Å². The number of β-lactam (4-membered cyclic amide) rings is 1. The third-order valence-corrected chi connectivity index (χ3v) is 7.82. The van der Waals surface area contributed by atoms with Crippen LogP contribution in [-0.2, 0) is 31.6 Å². The molecule has 8 heteroatoms. The summed E-state index contributed by atoms with van der Waals surface area (Å²) in [6.07, 6.45) is 4.90. The van der Waals surface area contributed by atoms with E-state index in [-0.39, 0.29) is 30.5 Å². The quantitative estimate of drug-likeness (QED) is 0.373. The largest absolute Gasteiger partial charge is 0.355 e. The van der Waals surface area contributed by atoms with Gasteiger partial charge in [0.25, 0.3) is 0 Å². The molecule has 0 bridgehead atoms. The van der Waals surface area contributed by atoms with Crippen LogP contribution >= 0.6 is 11.6 Å². The number of hydrogen-bond donors (Lipinski definition) is 1. The van der Waals surface area contributed by atoms with E-state index >= 15 is 0 Å². The highest BCUT2D eigenvalue weighted by Crippen LogP contribution is 2.26. The zero-order chi connectivity index (χ0) is 23.0. The van der Waals surface area contributed by atoms with Crippen LogP contribution < -0.4 is 5.32 Å². The van der Waals surface area contributed by atoms with Gasteiger partial charge in [-0.15, -0.1) is 0 Å². The summed E-state index contributed by atoms with van der Waals surface area (Å²) >= 11 is 5.89. The third-order valence-electron chi connectivity index (χ3n) is 5.58.